The van der Waals surface area contributed by atoms with Crippen molar-refractivity contribution in [1.29, 1.82) is 0 Å². The van der Waals surface area contributed by atoms with E-state index in [1.807, 2.05) is 48.5 Å². The van der Waals surface area contributed by atoms with Gasteiger partial charge in [-0.1, -0.05) is 30.3 Å². The van der Waals surface area contributed by atoms with E-state index in [2.05, 4.69) is 21.9 Å². The zero-order valence-corrected chi connectivity index (χ0v) is 16.8. The third-order valence-corrected chi connectivity index (χ3v) is 4.99. The van der Waals surface area contributed by atoms with Gasteiger partial charge in [-0.25, -0.2) is 9.97 Å². The number of nitrogens with one attached hydrogen (secondary N) is 1. The zero-order chi connectivity index (χ0) is 21.1. The summed E-state index contributed by atoms with van der Waals surface area (Å²) in [5, 5.41) is 2.96. The minimum Gasteiger partial charge on any atom is -0.497 e. The summed E-state index contributed by atoms with van der Waals surface area (Å²) in [5.74, 6) is 0.872. The highest BCUT2D eigenvalue weighted by Gasteiger charge is 2.23. The van der Waals surface area contributed by atoms with Crippen LogP contribution in [0.5, 0.6) is 5.75 Å². The fourth-order valence-electron chi connectivity index (χ4n) is 3.46. The van der Waals surface area contributed by atoms with Gasteiger partial charge >= 0.3 is 0 Å². The molecule has 0 saturated carbocycles. The van der Waals surface area contributed by atoms with Crippen LogP contribution >= 0.6 is 0 Å². The molecule has 0 saturated heterocycles. The number of carbonyl (C=O) groups excluding carboxylic acids is 1. The maximum Gasteiger partial charge on any atom is 0.257 e. The number of amides is 1. The van der Waals surface area contributed by atoms with Gasteiger partial charge in [0.05, 0.1) is 18.1 Å². The minimum atomic E-state index is -0.265. The van der Waals surface area contributed by atoms with E-state index in [1.54, 1.807) is 17.8 Å². The third kappa shape index (κ3) is 3.57. The maximum absolute atomic E-state index is 13.0. The van der Waals surface area contributed by atoms with Crippen molar-refractivity contribution < 1.29 is 9.53 Å². The van der Waals surface area contributed by atoms with E-state index >= 15 is 0 Å². The number of allylic oxidation sites excluding steroid dienone is 1. The Kier molecular flexibility index (Phi) is 5.34. The summed E-state index contributed by atoms with van der Waals surface area (Å²) in [6, 6.07) is 15.3. The van der Waals surface area contributed by atoms with Crippen LogP contribution < -0.4 is 15.8 Å². The molecule has 0 fully saturated rings. The van der Waals surface area contributed by atoms with Gasteiger partial charge in [-0.05, 0) is 36.2 Å². The number of carbonyl (C=O) groups is 1. The van der Waals surface area contributed by atoms with Crippen LogP contribution in [0.1, 0.15) is 15.9 Å². The Bertz CT molecular complexity index is 1230. The van der Waals surface area contributed by atoms with Crippen molar-refractivity contribution in [2.75, 3.05) is 19.4 Å². The molecule has 7 heteroatoms. The summed E-state index contributed by atoms with van der Waals surface area (Å²) in [4.78, 5) is 22.4. The molecule has 4 rings (SSSR count). The number of benzene rings is 2. The van der Waals surface area contributed by atoms with Gasteiger partial charge in [-0.2, -0.15) is 0 Å². The number of nitrogen functional groups attached to an aromatic ring is 1. The van der Waals surface area contributed by atoms with Gasteiger partial charge < -0.3 is 20.4 Å². The van der Waals surface area contributed by atoms with E-state index < -0.39 is 0 Å². The summed E-state index contributed by atoms with van der Waals surface area (Å²) >= 11 is 0. The number of hydrogen-bond donors (Lipinski definition) is 2. The standard InChI is InChI=1S/C23H23N5O2/c1-3-14-28-21(24)19(20-22(28)27-18-7-5-4-6-17(18)26-20)23(29)25-13-12-15-8-10-16(30-2)11-9-15/h3-11H,1,12-14,24H2,2H3,(H,25,29). The molecule has 2 heterocycles. The van der Waals surface area contributed by atoms with Crippen LogP contribution in [0.25, 0.3) is 22.2 Å². The number of para-hydroxylation sites is 2. The summed E-state index contributed by atoms with van der Waals surface area (Å²) in [6.45, 7) is 4.69. The van der Waals surface area contributed by atoms with Gasteiger partial charge in [0.1, 0.15) is 22.6 Å². The Balaban J connectivity index is 1.62. The van der Waals surface area contributed by atoms with Crippen LogP contribution in [-0.4, -0.2) is 34.1 Å². The van der Waals surface area contributed by atoms with Gasteiger partial charge in [0, 0.05) is 13.1 Å². The molecule has 152 valence electrons. The summed E-state index contributed by atoms with van der Waals surface area (Å²) in [7, 11) is 1.63. The minimum absolute atomic E-state index is 0.265. The number of anilines is 1. The topological polar surface area (TPSA) is 95.1 Å². The second-order valence-corrected chi connectivity index (χ2v) is 6.90. The van der Waals surface area contributed by atoms with Gasteiger partial charge in [0.2, 0.25) is 0 Å². The average Bonchev–Trinajstić information content (AvgIpc) is 3.03. The second-order valence-electron chi connectivity index (χ2n) is 6.90. The molecule has 2 aromatic carbocycles. The molecule has 3 N–H and O–H groups in total. The molecule has 0 atom stereocenters. The summed E-state index contributed by atoms with van der Waals surface area (Å²) in [5.41, 5.74) is 10.3. The smallest absolute Gasteiger partial charge is 0.257 e. The summed E-state index contributed by atoms with van der Waals surface area (Å²) < 4.78 is 6.93. The number of ether oxygens (including phenoxy) is 1. The van der Waals surface area contributed by atoms with E-state index in [9.17, 15) is 4.79 Å². The van der Waals surface area contributed by atoms with Crippen LogP contribution in [0.2, 0.25) is 0 Å². The molecule has 0 radical (unpaired) electrons. The molecule has 7 nitrogen and oxygen atoms in total. The largest absolute Gasteiger partial charge is 0.497 e. The van der Waals surface area contributed by atoms with E-state index in [4.69, 9.17) is 10.5 Å². The molecule has 4 aromatic rings. The number of methoxy groups -OCH3 is 1. The normalized spacial score (nSPS) is 11.0. The molecular weight excluding hydrogens is 378 g/mol. The van der Waals surface area contributed by atoms with Crippen molar-refractivity contribution in [1.82, 2.24) is 19.9 Å². The van der Waals surface area contributed by atoms with Gasteiger partial charge in [0.25, 0.3) is 5.91 Å². The average molecular weight is 401 g/mol. The van der Waals surface area contributed by atoms with Gasteiger partial charge in [0.15, 0.2) is 5.65 Å². The van der Waals surface area contributed by atoms with Crippen LogP contribution in [0.4, 0.5) is 5.82 Å². The lowest BCUT2D eigenvalue weighted by Crippen LogP contribution is -2.26. The van der Waals surface area contributed by atoms with Crippen molar-refractivity contribution in [3.63, 3.8) is 0 Å². The quantitative estimate of drug-likeness (QED) is 0.463. The first-order valence-electron chi connectivity index (χ1n) is 9.69. The molecule has 0 aliphatic rings. The van der Waals surface area contributed by atoms with Crippen LogP contribution in [0.15, 0.2) is 61.2 Å². The molecule has 2 aromatic heterocycles. The molecule has 0 bridgehead atoms. The number of hydrogen-bond acceptors (Lipinski definition) is 5. The highest BCUT2D eigenvalue weighted by molar-refractivity contribution is 6.10. The molecule has 30 heavy (non-hydrogen) atoms. The SMILES string of the molecule is C=CCn1c(N)c(C(=O)NCCc2ccc(OC)cc2)c2nc3ccccc3nc21. The third-order valence-electron chi connectivity index (χ3n) is 4.99. The number of aromatic nitrogens is 3. The van der Waals surface area contributed by atoms with Crippen LogP contribution in [0.3, 0.4) is 0 Å². The summed E-state index contributed by atoms with van der Waals surface area (Å²) in [6.07, 6.45) is 2.41. The lowest BCUT2D eigenvalue weighted by atomic mass is 10.1. The number of fused-ring (bicyclic) bond motifs is 2. The van der Waals surface area contributed by atoms with E-state index in [1.165, 1.54) is 0 Å². The Morgan fingerprint density at radius 2 is 1.87 bits per heavy atom. The van der Waals surface area contributed by atoms with Crippen LogP contribution in [-0.2, 0) is 13.0 Å². The molecule has 0 aliphatic carbocycles. The lowest BCUT2D eigenvalue weighted by Gasteiger charge is -2.07. The molecule has 0 aliphatic heterocycles. The Hall–Kier alpha value is -3.87. The molecule has 0 spiro atoms. The fraction of sp³-hybridized carbons (Fsp3) is 0.174. The highest BCUT2D eigenvalue weighted by atomic mass is 16.5. The number of nitrogens with two attached hydrogens (primary N) is 1. The predicted octanol–water partition coefficient (Wildman–Crippen LogP) is 3.33. The maximum atomic E-state index is 13.0. The molecule has 0 unspecified atom stereocenters. The second kappa shape index (κ2) is 8.24. The first-order valence-corrected chi connectivity index (χ1v) is 9.69. The van der Waals surface area contributed by atoms with Gasteiger partial charge in [-0.3, -0.25) is 4.79 Å². The van der Waals surface area contributed by atoms with Crippen molar-refractivity contribution in [2.24, 2.45) is 0 Å². The lowest BCUT2D eigenvalue weighted by molar-refractivity contribution is 0.0956. The predicted molar refractivity (Wildman–Crippen MR) is 119 cm³/mol. The Morgan fingerprint density at radius 1 is 1.17 bits per heavy atom. The van der Waals surface area contributed by atoms with Crippen LogP contribution in [0, 0.1) is 0 Å². The van der Waals surface area contributed by atoms with E-state index in [-0.39, 0.29) is 5.91 Å². The number of rotatable bonds is 7. The first kappa shape index (κ1) is 19.4. The van der Waals surface area contributed by atoms with E-state index in [0.717, 1.165) is 16.8 Å². The zero-order valence-electron chi connectivity index (χ0n) is 16.8. The Labute approximate surface area is 174 Å². The van der Waals surface area contributed by atoms with E-state index in [0.29, 0.717) is 47.6 Å². The van der Waals surface area contributed by atoms with Crippen molar-refractivity contribution in [3.05, 3.63) is 72.3 Å². The van der Waals surface area contributed by atoms with Crippen molar-refractivity contribution in [3.8, 4) is 5.75 Å². The fourth-order valence-corrected chi connectivity index (χ4v) is 3.46. The Morgan fingerprint density at radius 3 is 2.53 bits per heavy atom. The molecular formula is C23H23N5O2. The highest BCUT2D eigenvalue weighted by Crippen LogP contribution is 2.27. The van der Waals surface area contributed by atoms with Crippen molar-refractivity contribution in [2.45, 2.75) is 13.0 Å². The monoisotopic (exact) mass is 401 g/mol. The first-order chi connectivity index (χ1) is 14.6. The van der Waals surface area contributed by atoms with Gasteiger partial charge in [-0.15, -0.1) is 6.58 Å². The number of nitrogens with zero attached hydrogens (tertiary/aromatic N) is 3. The van der Waals surface area contributed by atoms with Crippen molar-refractivity contribution >= 4 is 33.9 Å². The molecule has 1 amide bonds.